The molecule has 1 N–H and O–H groups in total. The molecule has 2 heterocycles. The van der Waals surface area contributed by atoms with Crippen LogP contribution in [0.15, 0.2) is 18.2 Å². The molecule has 1 fully saturated rings. The normalized spacial score (nSPS) is 29.8. The number of hydrogen-bond donors (Lipinski definition) is 1. The van der Waals surface area contributed by atoms with Gasteiger partial charge in [0.15, 0.2) is 0 Å². The molecular formula is C15H18N2O. The summed E-state index contributed by atoms with van der Waals surface area (Å²) in [6.45, 7) is 2.24. The number of amides is 1. The lowest BCUT2D eigenvalue weighted by molar-refractivity contribution is -0.117. The minimum atomic E-state index is 0.242. The Hall–Kier alpha value is -1.35. The molecule has 0 spiro atoms. The molecule has 94 valence electrons. The zero-order valence-corrected chi connectivity index (χ0v) is 10.5. The van der Waals surface area contributed by atoms with Crippen LogP contribution in [0.1, 0.15) is 36.3 Å². The van der Waals surface area contributed by atoms with E-state index in [0.717, 1.165) is 13.1 Å². The number of anilines is 1. The van der Waals surface area contributed by atoms with Crippen molar-refractivity contribution in [2.45, 2.75) is 31.7 Å². The zero-order chi connectivity index (χ0) is 12.1. The molecule has 1 saturated carbocycles. The monoisotopic (exact) mass is 242 g/mol. The topological polar surface area (TPSA) is 32.3 Å². The van der Waals surface area contributed by atoms with E-state index in [-0.39, 0.29) is 5.91 Å². The van der Waals surface area contributed by atoms with Crippen molar-refractivity contribution >= 4 is 11.6 Å². The molecule has 0 unspecified atom stereocenters. The van der Waals surface area contributed by atoms with E-state index >= 15 is 0 Å². The molecule has 0 aromatic heterocycles. The third-order valence-electron chi connectivity index (χ3n) is 4.79. The standard InChI is InChI=1S/C15H18N2O/c18-14-8-16-7-10-3-1-6-13-12-5-2-4-11(12)9-17(14)15(10)13/h1,3,6,11-12,16H,2,4-5,7-9H2/t11-,12-/m0/s1. The highest BCUT2D eigenvalue weighted by Crippen LogP contribution is 2.48. The second-order valence-corrected chi connectivity index (χ2v) is 5.76. The lowest BCUT2D eigenvalue weighted by Gasteiger charge is -2.37. The maximum atomic E-state index is 12.2. The van der Waals surface area contributed by atoms with Gasteiger partial charge in [-0.25, -0.2) is 0 Å². The molecule has 0 bridgehead atoms. The van der Waals surface area contributed by atoms with E-state index in [1.807, 2.05) is 0 Å². The summed E-state index contributed by atoms with van der Waals surface area (Å²) < 4.78 is 0. The minimum absolute atomic E-state index is 0.242. The Kier molecular flexibility index (Phi) is 2.24. The fourth-order valence-electron chi connectivity index (χ4n) is 4.00. The van der Waals surface area contributed by atoms with Crippen LogP contribution in [0, 0.1) is 5.92 Å². The highest BCUT2D eigenvalue weighted by Gasteiger charge is 2.39. The lowest BCUT2D eigenvalue weighted by Crippen LogP contribution is -2.42. The average molecular weight is 242 g/mol. The second-order valence-electron chi connectivity index (χ2n) is 5.76. The number of nitrogens with one attached hydrogen (secondary N) is 1. The SMILES string of the molecule is O=C1CNCc2cccc3c2N1C[C@@H]1CCC[C@H]31. The third-order valence-corrected chi connectivity index (χ3v) is 4.79. The van der Waals surface area contributed by atoms with E-state index in [9.17, 15) is 4.79 Å². The summed E-state index contributed by atoms with van der Waals surface area (Å²) in [5, 5.41) is 3.25. The highest BCUT2D eigenvalue weighted by atomic mass is 16.2. The van der Waals surface area contributed by atoms with Gasteiger partial charge in [0.25, 0.3) is 0 Å². The van der Waals surface area contributed by atoms with E-state index in [0.29, 0.717) is 18.4 Å². The largest absolute Gasteiger partial charge is 0.310 e. The number of para-hydroxylation sites is 1. The first-order valence-electron chi connectivity index (χ1n) is 6.97. The van der Waals surface area contributed by atoms with Crippen molar-refractivity contribution in [1.29, 1.82) is 0 Å². The number of hydrogen-bond acceptors (Lipinski definition) is 2. The van der Waals surface area contributed by atoms with Gasteiger partial charge in [0.05, 0.1) is 12.2 Å². The predicted molar refractivity (Wildman–Crippen MR) is 70.6 cm³/mol. The van der Waals surface area contributed by atoms with E-state index in [1.54, 1.807) is 0 Å². The summed E-state index contributed by atoms with van der Waals surface area (Å²) in [5.74, 6) is 1.63. The van der Waals surface area contributed by atoms with Gasteiger partial charge in [-0.05, 0) is 35.8 Å². The van der Waals surface area contributed by atoms with Crippen molar-refractivity contribution in [3.8, 4) is 0 Å². The van der Waals surface area contributed by atoms with E-state index < -0.39 is 0 Å². The molecule has 0 saturated heterocycles. The van der Waals surface area contributed by atoms with Gasteiger partial charge >= 0.3 is 0 Å². The average Bonchev–Trinajstić information content (AvgIpc) is 2.79. The summed E-state index contributed by atoms with van der Waals surface area (Å²) in [4.78, 5) is 14.3. The summed E-state index contributed by atoms with van der Waals surface area (Å²) in [6.07, 6.45) is 3.90. The van der Waals surface area contributed by atoms with Crippen LogP contribution in [0.4, 0.5) is 5.69 Å². The summed E-state index contributed by atoms with van der Waals surface area (Å²) in [6, 6.07) is 6.56. The molecule has 3 aliphatic rings. The molecule has 3 heteroatoms. The Morgan fingerprint density at radius 3 is 3.11 bits per heavy atom. The maximum absolute atomic E-state index is 12.2. The van der Waals surface area contributed by atoms with E-state index in [4.69, 9.17) is 0 Å². The molecule has 1 aliphatic carbocycles. The van der Waals surface area contributed by atoms with E-state index in [1.165, 1.54) is 36.1 Å². The summed E-state index contributed by atoms with van der Waals surface area (Å²) >= 11 is 0. The first-order chi connectivity index (χ1) is 8.84. The molecule has 1 amide bonds. The number of fused-ring (bicyclic) bond motifs is 2. The van der Waals surface area contributed by atoms with Crippen molar-refractivity contribution in [3.05, 3.63) is 29.3 Å². The summed E-state index contributed by atoms with van der Waals surface area (Å²) in [7, 11) is 0. The van der Waals surface area contributed by atoms with E-state index in [2.05, 4.69) is 28.4 Å². The van der Waals surface area contributed by atoms with Crippen LogP contribution in [0.2, 0.25) is 0 Å². The molecule has 2 atom stereocenters. The van der Waals surface area contributed by atoms with Gasteiger partial charge in [-0.2, -0.15) is 0 Å². The number of rotatable bonds is 0. The van der Waals surface area contributed by atoms with Crippen molar-refractivity contribution in [2.24, 2.45) is 5.92 Å². The third kappa shape index (κ3) is 1.37. The molecule has 4 rings (SSSR count). The zero-order valence-electron chi connectivity index (χ0n) is 10.5. The van der Waals surface area contributed by atoms with Gasteiger partial charge in [-0.3, -0.25) is 4.79 Å². The van der Waals surface area contributed by atoms with Crippen molar-refractivity contribution in [1.82, 2.24) is 5.32 Å². The smallest absolute Gasteiger partial charge is 0.240 e. The molecule has 0 radical (unpaired) electrons. The van der Waals surface area contributed by atoms with Crippen molar-refractivity contribution in [2.75, 3.05) is 18.0 Å². The fourth-order valence-corrected chi connectivity index (χ4v) is 4.00. The molecule has 1 aromatic rings. The van der Waals surface area contributed by atoms with Crippen LogP contribution >= 0.6 is 0 Å². The molecule has 2 aliphatic heterocycles. The Morgan fingerprint density at radius 2 is 2.17 bits per heavy atom. The first kappa shape index (κ1) is 10.6. The van der Waals surface area contributed by atoms with Crippen LogP contribution in [0.25, 0.3) is 0 Å². The fraction of sp³-hybridized carbons (Fsp3) is 0.533. The molecular weight excluding hydrogens is 224 g/mol. The van der Waals surface area contributed by atoms with Gasteiger partial charge in [0.2, 0.25) is 5.91 Å². The maximum Gasteiger partial charge on any atom is 0.240 e. The van der Waals surface area contributed by atoms with Gasteiger partial charge in [-0.1, -0.05) is 24.6 Å². The lowest BCUT2D eigenvalue weighted by atomic mass is 9.82. The number of benzene rings is 1. The molecule has 3 nitrogen and oxygen atoms in total. The Labute approximate surface area is 107 Å². The number of carbonyl (C=O) groups excluding carboxylic acids is 1. The van der Waals surface area contributed by atoms with Gasteiger partial charge in [0.1, 0.15) is 0 Å². The van der Waals surface area contributed by atoms with Gasteiger partial charge in [0, 0.05) is 13.1 Å². The minimum Gasteiger partial charge on any atom is -0.310 e. The Balaban J connectivity index is 1.92. The van der Waals surface area contributed by atoms with Crippen LogP contribution in [-0.2, 0) is 11.3 Å². The Morgan fingerprint density at radius 1 is 1.22 bits per heavy atom. The van der Waals surface area contributed by atoms with Crippen molar-refractivity contribution < 1.29 is 4.79 Å². The molecule has 18 heavy (non-hydrogen) atoms. The highest BCUT2D eigenvalue weighted by molar-refractivity contribution is 5.97. The number of carbonyl (C=O) groups is 1. The first-order valence-corrected chi connectivity index (χ1v) is 6.97. The van der Waals surface area contributed by atoms with Gasteiger partial charge < -0.3 is 10.2 Å². The Bertz CT molecular complexity index is 511. The van der Waals surface area contributed by atoms with Crippen LogP contribution in [0.5, 0.6) is 0 Å². The van der Waals surface area contributed by atoms with Crippen LogP contribution < -0.4 is 10.2 Å². The number of nitrogens with zero attached hydrogens (tertiary/aromatic N) is 1. The van der Waals surface area contributed by atoms with Crippen molar-refractivity contribution in [3.63, 3.8) is 0 Å². The van der Waals surface area contributed by atoms with Crippen LogP contribution in [-0.4, -0.2) is 19.0 Å². The quantitative estimate of drug-likeness (QED) is 0.755. The summed E-state index contributed by atoms with van der Waals surface area (Å²) in [5.41, 5.74) is 3.96. The molecule has 1 aromatic carbocycles. The van der Waals surface area contributed by atoms with Crippen LogP contribution in [0.3, 0.4) is 0 Å². The second kappa shape index (κ2) is 3.82. The van der Waals surface area contributed by atoms with Gasteiger partial charge in [-0.15, -0.1) is 0 Å². The predicted octanol–water partition coefficient (Wildman–Crippen LogP) is 2.02.